The first-order valence-corrected chi connectivity index (χ1v) is 6.86. The number of rotatable bonds is 6. The molecule has 1 unspecified atom stereocenters. The second-order valence-electron chi connectivity index (χ2n) is 4.61. The zero-order chi connectivity index (χ0) is 11.9. The minimum absolute atomic E-state index is 0.000112. The maximum atomic E-state index is 11.3. The van der Waals surface area contributed by atoms with Crippen LogP contribution in [0.1, 0.15) is 27.2 Å². The van der Waals surface area contributed by atoms with Gasteiger partial charge in [-0.05, 0) is 33.7 Å². The molecule has 0 spiro atoms. The van der Waals surface area contributed by atoms with Gasteiger partial charge in [-0.15, -0.1) is 0 Å². The van der Waals surface area contributed by atoms with Crippen LogP contribution in [0.4, 0.5) is 0 Å². The summed E-state index contributed by atoms with van der Waals surface area (Å²) in [7, 11) is -0.736. The van der Waals surface area contributed by atoms with Crippen LogP contribution in [0.5, 0.6) is 0 Å². The summed E-state index contributed by atoms with van der Waals surface area (Å²) >= 11 is 0. The summed E-state index contributed by atoms with van der Waals surface area (Å²) in [4.78, 5) is 11.3. The molecule has 1 amide bonds. The first-order valence-electron chi connectivity index (χ1n) is 5.13. The highest BCUT2D eigenvalue weighted by atomic mass is 32.2. The Morgan fingerprint density at radius 3 is 2.40 bits per heavy atom. The number of carbonyl (C=O) groups is 1. The molecule has 0 heterocycles. The van der Waals surface area contributed by atoms with Crippen molar-refractivity contribution in [3.63, 3.8) is 0 Å². The predicted octanol–water partition coefficient (Wildman–Crippen LogP) is 0.259. The van der Waals surface area contributed by atoms with E-state index in [2.05, 4.69) is 10.6 Å². The Bertz CT molecular complexity index is 224. The summed E-state index contributed by atoms with van der Waals surface area (Å²) in [5.74, 6) is 0.688. The molecule has 0 aromatic heterocycles. The van der Waals surface area contributed by atoms with Crippen molar-refractivity contribution < 1.29 is 9.00 Å². The zero-order valence-corrected chi connectivity index (χ0v) is 10.9. The summed E-state index contributed by atoms with van der Waals surface area (Å²) in [6.45, 7) is 6.91. The van der Waals surface area contributed by atoms with Crippen molar-refractivity contribution in [3.05, 3.63) is 0 Å². The molecule has 15 heavy (non-hydrogen) atoms. The second kappa shape index (κ2) is 6.95. The van der Waals surface area contributed by atoms with Crippen LogP contribution in [0.25, 0.3) is 0 Å². The summed E-state index contributed by atoms with van der Waals surface area (Å²) < 4.78 is 10.7. The second-order valence-corrected chi connectivity index (χ2v) is 6.16. The lowest BCUT2D eigenvalue weighted by atomic mass is 10.1. The largest absolute Gasteiger partial charge is 0.350 e. The molecular formula is C10H22N2O2S. The fraction of sp³-hybridized carbons (Fsp3) is 0.900. The highest BCUT2D eigenvalue weighted by molar-refractivity contribution is 7.84. The molecule has 5 heteroatoms. The molecular weight excluding hydrogens is 212 g/mol. The molecule has 0 aliphatic carbocycles. The number of hydrogen-bond donors (Lipinski definition) is 2. The quantitative estimate of drug-likeness (QED) is 0.648. The molecule has 0 fully saturated rings. The summed E-state index contributed by atoms with van der Waals surface area (Å²) in [5, 5.41) is 5.87. The van der Waals surface area contributed by atoms with Crippen molar-refractivity contribution in [3.8, 4) is 0 Å². The van der Waals surface area contributed by atoms with E-state index in [4.69, 9.17) is 0 Å². The van der Waals surface area contributed by atoms with Gasteiger partial charge < -0.3 is 10.6 Å². The average Bonchev–Trinajstić information content (AvgIpc) is 1.99. The van der Waals surface area contributed by atoms with E-state index in [9.17, 15) is 9.00 Å². The third kappa shape index (κ3) is 11.5. The van der Waals surface area contributed by atoms with Crippen molar-refractivity contribution >= 4 is 16.7 Å². The van der Waals surface area contributed by atoms with Crippen LogP contribution in [-0.2, 0) is 15.6 Å². The Morgan fingerprint density at radius 2 is 1.93 bits per heavy atom. The summed E-state index contributed by atoms with van der Waals surface area (Å²) in [5.41, 5.74) is -0.177. The molecule has 0 aromatic rings. The first kappa shape index (κ1) is 14.6. The normalized spacial score (nSPS) is 13.6. The SMILES string of the molecule is CS(=O)CCCNCC(=O)NC(C)(C)C. The van der Waals surface area contributed by atoms with Crippen LogP contribution in [0.3, 0.4) is 0 Å². The lowest BCUT2D eigenvalue weighted by Gasteiger charge is -2.20. The van der Waals surface area contributed by atoms with E-state index in [1.54, 1.807) is 6.26 Å². The van der Waals surface area contributed by atoms with Gasteiger partial charge in [0.1, 0.15) is 0 Å². The Kier molecular flexibility index (Phi) is 6.76. The molecule has 0 aliphatic heterocycles. The maximum Gasteiger partial charge on any atom is 0.234 e. The topological polar surface area (TPSA) is 58.2 Å². The molecule has 0 aromatic carbocycles. The molecule has 90 valence electrons. The molecule has 2 N–H and O–H groups in total. The Hall–Kier alpha value is -0.420. The molecule has 0 bridgehead atoms. The van der Waals surface area contributed by atoms with E-state index in [-0.39, 0.29) is 11.4 Å². The summed E-state index contributed by atoms with van der Waals surface area (Å²) in [6.07, 6.45) is 2.53. The van der Waals surface area contributed by atoms with Crippen LogP contribution < -0.4 is 10.6 Å². The molecule has 4 nitrogen and oxygen atoms in total. The third-order valence-corrected chi connectivity index (χ3v) is 2.45. The highest BCUT2D eigenvalue weighted by Crippen LogP contribution is 1.96. The Balaban J connectivity index is 3.44. The Labute approximate surface area is 94.7 Å². The molecule has 1 atom stereocenters. The lowest BCUT2D eigenvalue weighted by molar-refractivity contribution is -0.121. The van der Waals surface area contributed by atoms with Gasteiger partial charge in [-0.3, -0.25) is 9.00 Å². The minimum atomic E-state index is -0.736. The van der Waals surface area contributed by atoms with E-state index in [0.717, 1.165) is 13.0 Å². The Morgan fingerprint density at radius 1 is 1.33 bits per heavy atom. The number of carbonyl (C=O) groups excluding carboxylic acids is 1. The van der Waals surface area contributed by atoms with E-state index >= 15 is 0 Å². The van der Waals surface area contributed by atoms with Crippen LogP contribution in [0, 0.1) is 0 Å². The van der Waals surface area contributed by atoms with E-state index in [1.165, 1.54) is 0 Å². The van der Waals surface area contributed by atoms with Crippen molar-refractivity contribution in [1.82, 2.24) is 10.6 Å². The minimum Gasteiger partial charge on any atom is -0.350 e. The fourth-order valence-corrected chi connectivity index (χ4v) is 1.62. The van der Waals surface area contributed by atoms with E-state index in [0.29, 0.717) is 12.3 Å². The fourth-order valence-electron chi connectivity index (χ4n) is 1.06. The average molecular weight is 234 g/mol. The van der Waals surface area contributed by atoms with Crippen molar-refractivity contribution in [2.75, 3.05) is 25.1 Å². The van der Waals surface area contributed by atoms with Gasteiger partial charge in [0.25, 0.3) is 0 Å². The summed E-state index contributed by atoms with van der Waals surface area (Å²) in [6, 6.07) is 0. The molecule has 0 aliphatic rings. The molecule has 0 saturated heterocycles. The van der Waals surface area contributed by atoms with Crippen molar-refractivity contribution in [2.45, 2.75) is 32.7 Å². The van der Waals surface area contributed by atoms with Crippen LogP contribution in [0.2, 0.25) is 0 Å². The van der Waals surface area contributed by atoms with Crippen molar-refractivity contribution in [2.24, 2.45) is 0 Å². The van der Waals surface area contributed by atoms with Crippen LogP contribution in [0.15, 0.2) is 0 Å². The van der Waals surface area contributed by atoms with Gasteiger partial charge in [0, 0.05) is 28.3 Å². The van der Waals surface area contributed by atoms with Gasteiger partial charge in [-0.25, -0.2) is 0 Å². The molecule has 0 saturated carbocycles. The third-order valence-electron chi connectivity index (χ3n) is 1.59. The van der Waals surface area contributed by atoms with E-state index < -0.39 is 10.8 Å². The zero-order valence-electron chi connectivity index (χ0n) is 10.1. The molecule has 0 rings (SSSR count). The van der Waals surface area contributed by atoms with Gasteiger partial charge in [0.2, 0.25) is 5.91 Å². The van der Waals surface area contributed by atoms with Crippen LogP contribution >= 0.6 is 0 Å². The maximum absolute atomic E-state index is 11.3. The monoisotopic (exact) mass is 234 g/mol. The van der Waals surface area contributed by atoms with Gasteiger partial charge in [0.15, 0.2) is 0 Å². The van der Waals surface area contributed by atoms with Gasteiger partial charge in [-0.1, -0.05) is 0 Å². The smallest absolute Gasteiger partial charge is 0.234 e. The number of hydrogen-bond acceptors (Lipinski definition) is 3. The standard InChI is InChI=1S/C10H22N2O2S/c1-10(2,3)12-9(13)8-11-6-5-7-15(4)14/h11H,5-8H2,1-4H3,(H,12,13). The van der Waals surface area contributed by atoms with Crippen molar-refractivity contribution in [1.29, 1.82) is 0 Å². The van der Waals surface area contributed by atoms with Gasteiger partial charge in [0.05, 0.1) is 6.54 Å². The first-order chi connectivity index (χ1) is 6.81. The van der Waals surface area contributed by atoms with Crippen LogP contribution in [-0.4, -0.2) is 40.8 Å². The number of amides is 1. The lowest BCUT2D eigenvalue weighted by Crippen LogP contribution is -2.45. The molecule has 0 radical (unpaired) electrons. The van der Waals surface area contributed by atoms with Gasteiger partial charge >= 0.3 is 0 Å². The van der Waals surface area contributed by atoms with E-state index in [1.807, 2.05) is 20.8 Å². The van der Waals surface area contributed by atoms with Gasteiger partial charge in [-0.2, -0.15) is 0 Å². The predicted molar refractivity (Wildman–Crippen MR) is 64.3 cm³/mol. The highest BCUT2D eigenvalue weighted by Gasteiger charge is 2.12. The number of nitrogens with one attached hydrogen (secondary N) is 2.